The molecule has 1 fully saturated rings. The van der Waals surface area contributed by atoms with E-state index in [2.05, 4.69) is 42.6 Å². The van der Waals surface area contributed by atoms with Crippen LogP contribution in [0.1, 0.15) is 29.2 Å². The highest BCUT2D eigenvalue weighted by molar-refractivity contribution is 5.94. The van der Waals surface area contributed by atoms with Gasteiger partial charge in [-0.2, -0.15) is 10.1 Å². The number of carbonyl (C=O) groups is 1. The predicted molar refractivity (Wildman–Crippen MR) is 150 cm³/mol. The second-order valence-corrected chi connectivity index (χ2v) is 9.63. The molecule has 12 nitrogen and oxygen atoms in total. The number of nitrogens with zero attached hydrogens (tertiary/aromatic N) is 6. The lowest BCUT2D eigenvalue weighted by molar-refractivity contribution is 0.0697. The number of hydrogen-bond acceptors (Lipinski definition) is 10. The number of nitrogens with one attached hydrogen (secondary N) is 2. The number of para-hydroxylation sites is 3. The molecule has 3 aromatic heterocycles. The number of carboxylic acids is 1. The first-order valence-electron chi connectivity index (χ1n) is 12.9. The molecular formula is C28H28N8O4. The molecule has 12 heteroatoms. The van der Waals surface area contributed by atoms with Gasteiger partial charge < -0.3 is 29.8 Å². The van der Waals surface area contributed by atoms with E-state index in [0.717, 1.165) is 31.4 Å². The Morgan fingerprint density at radius 3 is 2.67 bits per heavy atom. The molecule has 4 heterocycles. The zero-order valence-electron chi connectivity index (χ0n) is 22.0. The summed E-state index contributed by atoms with van der Waals surface area (Å²) in [5, 5.41) is 20.6. The van der Waals surface area contributed by atoms with Crippen LogP contribution in [0.3, 0.4) is 0 Å². The Hall–Kier alpha value is -4.97. The second kappa shape index (κ2) is 10.7. The van der Waals surface area contributed by atoms with E-state index in [0.29, 0.717) is 40.2 Å². The third kappa shape index (κ3) is 5.04. The van der Waals surface area contributed by atoms with Gasteiger partial charge in [-0.1, -0.05) is 18.2 Å². The van der Waals surface area contributed by atoms with Gasteiger partial charge in [-0.05, 0) is 57.2 Å². The summed E-state index contributed by atoms with van der Waals surface area (Å²) in [7, 11) is 3.65. The Balaban J connectivity index is 1.28. The predicted octanol–water partition coefficient (Wildman–Crippen LogP) is 4.94. The number of ether oxygens (including phenoxy) is 1. The quantitative estimate of drug-likeness (QED) is 0.246. The van der Waals surface area contributed by atoms with E-state index in [1.54, 1.807) is 18.3 Å². The lowest BCUT2D eigenvalue weighted by atomic mass is 10.1. The normalized spacial score (nSPS) is 14.3. The number of fused-ring (bicyclic) bond motifs is 1. The van der Waals surface area contributed by atoms with Gasteiger partial charge in [0.15, 0.2) is 17.2 Å². The molecule has 0 spiro atoms. The Kier molecular flexibility index (Phi) is 6.74. The second-order valence-electron chi connectivity index (χ2n) is 9.63. The SMILES string of the molecule is COc1c(Nc2nc(Nc3cnn(C4CCN(C)CC4)c3)ncc2C(=O)O)cccc1-c1nc2ccccc2o1. The summed E-state index contributed by atoms with van der Waals surface area (Å²) in [5.74, 6) is -0.0341. The van der Waals surface area contributed by atoms with Gasteiger partial charge in [0.25, 0.3) is 0 Å². The maximum Gasteiger partial charge on any atom is 0.341 e. The highest BCUT2D eigenvalue weighted by Crippen LogP contribution is 2.39. The summed E-state index contributed by atoms with van der Waals surface area (Å²) >= 11 is 0. The maximum absolute atomic E-state index is 12.0. The number of rotatable bonds is 8. The first-order valence-corrected chi connectivity index (χ1v) is 12.9. The minimum absolute atomic E-state index is 0.0955. The van der Waals surface area contributed by atoms with Crippen molar-refractivity contribution in [2.24, 2.45) is 0 Å². The molecular weight excluding hydrogens is 512 g/mol. The third-order valence-corrected chi connectivity index (χ3v) is 6.94. The molecule has 204 valence electrons. The molecule has 2 aromatic carbocycles. The summed E-state index contributed by atoms with van der Waals surface area (Å²) < 4.78 is 13.6. The molecule has 0 atom stereocenters. The fourth-order valence-corrected chi connectivity index (χ4v) is 4.82. The van der Waals surface area contributed by atoms with Crippen LogP contribution in [0.5, 0.6) is 5.75 Å². The topological polar surface area (TPSA) is 143 Å². The molecule has 0 aliphatic carbocycles. The Bertz CT molecular complexity index is 1640. The van der Waals surface area contributed by atoms with Crippen molar-refractivity contribution in [3.05, 3.63) is 66.6 Å². The van der Waals surface area contributed by atoms with E-state index in [9.17, 15) is 9.90 Å². The van der Waals surface area contributed by atoms with Crippen LogP contribution < -0.4 is 15.4 Å². The van der Waals surface area contributed by atoms with Gasteiger partial charge in [-0.15, -0.1) is 0 Å². The summed E-state index contributed by atoms with van der Waals surface area (Å²) in [6.45, 7) is 2.05. The van der Waals surface area contributed by atoms with Gasteiger partial charge in [0.2, 0.25) is 11.8 Å². The van der Waals surface area contributed by atoms with E-state index < -0.39 is 5.97 Å². The van der Waals surface area contributed by atoms with Crippen LogP contribution in [0.15, 0.2) is 65.5 Å². The third-order valence-electron chi connectivity index (χ3n) is 6.94. The Morgan fingerprint density at radius 1 is 1.07 bits per heavy atom. The van der Waals surface area contributed by atoms with Crippen LogP contribution in [0.25, 0.3) is 22.6 Å². The fraction of sp³-hybridized carbons (Fsp3) is 0.250. The lowest BCUT2D eigenvalue weighted by Crippen LogP contribution is -2.31. The van der Waals surface area contributed by atoms with Crippen molar-refractivity contribution in [2.75, 3.05) is 37.9 Å². The van der Waals surface area contributed by atoms with Crippen LogP contribution in [0.4, 0.5) is 23.1 Å². The number of aromatic carboxylic acids is 1. The minimum atomic E-state index is -1.17. The maximum atomic E-state index is 12.0. The number of aromatic nitrogens is 5. The minimum Gasteiger partial charge on any atom is -0.494 e. The van der Waals surface area contributed by atoms with Crippen LogP contribution in [-0.4, -0.2) is 68.0 Å². The number of oxazole rings is 1. The van der Waals surface area contributed by atoms with E-state index in [1.807, 2.05) is 41.2 Å². The van der Waals surface area contributed by atoms with Crippen LogP contribution >= 0.6 is 0 Å². The summed E-state index contributed by atoms with van der Waals surface area (Å²) in [4.78, 5) is 27.6. The Morgan fingerprint density at radius 2 is 1.90 bits per heavy atom. The van der Waals surface area contributed by atoms with Crippen molar-refractivity contribution < 1.29 is 19.1 Å². The Labute approximate surface area is 229 Å². The average molecular weight is 541 g/mol. The molecule has 0 unspecified atom stereocenters. The molecule has 3 N–H and O–H groups in total. The number of benzene rings is 2. The lowest BCUT2D eigenvalue weighted by Gasteiger charge is -2.28. The summed E-state index contributed by atoms with van der Waals surface area (Å²) in [6.07, 6.45) is 6.95. The van der Waals surface area contributed by atoms with Crippen molar-refractivity contribution in [3.63, 3.8) is 0 Å². The first kappa shape index (κ1) is 25.3. The highest BCUT2D eigenvalue weighted by atomic mass is 16.5. The molecule has 6 rings (SSSR count). The van der Waals surface area contributed by atoms with Gasteiger partial charge in [0.05, 0.1) is 36.3 Å². The molecule has 1 aliphatic heterocycles. The molecule has 5 aromatic rings. The molecule has 1 aliphatic rings. The van der Waals surface area contributed by atoms with E-state index in [1.165, 1.54) is 13.3 Å². The first-order chi connectivity index (χ1) is 19.5. The summed E-state index contributed by atoms with van der Waals surface area (Å²) in [6, 6.07) is 13.2. The molecule has 0 radical (unpaired) electrons. The van der Waals surface area contributed by atoms with Crippen LogP contribution in [-0.2, 0) is 0 Å². The molecule has 0 saturated carbocycles. The monoisotopic (exact) mass is 540 g/mol. The van der Waals surface area contributed by atoms with Crippen LogP contribution in [0.2, 0.25) is 0 Å². The number of hydrogen-bond donors (Lipinski definition) is 3. The van der Waals surface area contributed by atoms with Gasteiger partial charge >= 0.3 is 5.97 Å². The van der Waals surface area contributed by atoms with Gasteiger partial charge in [-0.25, -0.2) is 14.8 Å². The zero-order chi connectivity index (χ0) is 27.6. The van der Waals surface area contributed by atoms with E-state index in [-0.39, 0.29) is 17.3 Å². The molecule has 40 heavy (non-hydrogen) atoms. The van der Waals surface area contributed by atoms with E-state index >= 15 is 0 Å². The van der Waals surface area contributed by atoms with Crippen molar-refractivity contribution in [3.8, 4) is 17.2 Å². The van der Waals surface area contributed by atoms with Crippen molar-refractivity contribution in [2.45, 2.75) is 18.9 Å². The van der Waals surface area contributed by atoms with E-state index in [4.69, 9.17) is 9.15 Å². The average Bonchev–Trinajstić information content (AvgIpc) is 3.60. The standard InChI is InChI=1S/C28H28N8O4/c1-35-12-10-18(11-13-35)36-16-17(14-30-36)31-28-29-15-20(27(37)38)25(34-28)32-22-8-5-6-19(24(22)39-2)26-33-21-7-3-4-9-23(21)40-26/h3-9,14-16,18H,10-13H2,1-2H3,(H,37,38)(H2,29,31,32,34). The molecule has 0 amide bonds. The number of methoxy groups -OCH3 is 1. The van der Waals surface area contributed by atoms with Gasteiger partial charge in [0.1, 0.15) is 11.1 Å². The smallest absolute Gasteiger partial charge is 0.341 e. The summed E-state index contributed by atoms with van der Waals surface area (Å²) in [5.41, 5.74) is 3.08. The number of anilines is 4. The largest absolute Gasteiger partial charge is 0.494 e. The van der Waals surface area contributed by atoms with Gasteiger partial charge in [0, 0.05) is 12.4 Å². The van der Waals surface area contributed by atoms with Crippen molar-refractivity contribution in [1.29, 1.82) is 0 Å². The number of likely N-dealkylation sites (tertiary alicyclic amines) is 1. The van der Waals surface area contributed by atoms with Crippen molar-refractivity contribution >= 4 is 40.2 Å². The number of piperidine rings is 1. The molecule has 1 saturated heterocycles. The number of carboxylic acid groups (broad SMARTS) is 1. The fourth-order valence-electron chi connectivity index (χ4n) is 4.82. The van der Waals surface area contributed by atoms with Crippen LogP contribution in [0, 0.1) is 0 Å². The molecule has 0 bridgehead atoms. The van der Waals surface area contributed by atoms with Gasteiger partial charge in [-0.3, -0.25) is 4.68 Å². The highest BCUT2D eigenvalue weighted by Gasteiger charge is 2.21. The van der Waals surface area contributed by atoms with Crippen molar-refractivity contribution in [1.82, 2.24) is 29.6 Å². The zero-order valence-corrected chi connectivity index (χ0v) is 22.0.